The molecule has 0 saturated heterocycles. The van der Waals surface area contributed by atoms with Crippen molar-refractivity contribution < 1.29 is 14.6 Å². The number of rotatable bonds is 6. The number of hydrogen-bond donors (Lipinski definition) is 2. The minimum atomic E-state index is -0.212. The standard InChI is InChI=1S/C14H20BrNO3/c1-3-14(4-2,8-17)16-7-10-5-12-13(6-11(10)15)19-9-18-12/h5-6,16-17H,3-4,7-9H2,1-2H3. The van der Waals surface area contributed by atoms with E-state index >= 15 is 0 Å². The first kappa shape index (κ1) is 14.6. The molecule has 2 rings (SSSR count). The molecular formula is C14H20BrNO3. The summed E-state index contributed by atoms with van der Waals surface area (Å²) in [7, 11) is 0. The average Bonchev–Trinajstić information content (AvgIpc) is 2.88. The molecule has 1 heterocycles. The van der Waals surface area contributed by atoms with Gasteiger partial charge in [0.05, 0.1) is 6.61 Å². The molecule has 19 heavy (non-hydrogen) atoms. The van der Waals surface area contributed by atoms with Crippen LogP contribution in [0.25, 0.3) is 0 Å². The number of fused-ring (bicyclic) bond motifs is 1. The zero-order valence-electron chi connectivity index (χ0n) is 11.3. The molecule has 0 fully saturated rings. The third kappa shape index (κ3) is 3.04. The third-order valence-electron chi connectivity index (χ3n) is 3.85. The van der Waals surface area contributed by atoms with Gasteiger partial charge in [-0.2, -0.15) is 0 Å². The highest BCUT2D eigenvalue weighted by Crippen LogP contribution is 2.37. The van der Waals surface area contributed by atoms with Crippen LogP contribution in [0.1, 0.15) is 32.3 Å². The first-order chi connectivity index (χ1) is 9.14. The number of benzene rings is 1. The van der Waals surface area contributed by atoms with Crippen molar-refractivity contribution in [1.82, 2.24) is 5.32 Å². The van der Waals surface area contributed by atoms with Gasteiger partial charge in [-0.25, -0.2) is 0 Å². The minimum absolute atomic E-state index is 0.141. The predicted octanol–water partition coefficient (Wildman–Crippen LogP) is 2.82. The summed E-state index contributed by atoms with van der Waals surface area (Å²) in [5, 5.41) is 13.0. The summed E-state index contributed by atoms with van der Waals surface area (Å²) in [6.45, 7) is 5.27. The van der Waals surface area contributed by atoms with Crippen molar-refractivity contribution in [2.45, 2.75) is 38.8 Å². The van der Waals surface area contributed by atoms with E-state index in [2.05, 4.69) is 35.1 Å². The summed E-state index contributed by atoms with van der Waals surface area (Å²) in [6.07, 6.45) is 1.78. The fourth-order valence-electron chi connectivity index (χ4n) is 2.16. The molecule has 4 nitrogen and oxygen atoms in total. The van der Waals surface area contributed by atoms with E-state index in [1.165, 1.54) is 0 Å². The van der Waals surface area contributed by atoms with Crippen LogP contribution in [0.15, 0.2) is 16.6 Å². The number of aliphatic hydroxyl groups is 1. The van der Waals surface area contributed by atoms with E-state index in [0.29, 0.717) is 6.54 Å². The molecule has 5 heteroatoms. The van der Waals surface area contributed by atoms with Crippen molar-refractivity contribution in [2.24, 2.45) is 0 Å². The molecule has 1 aliphatic heterocycles. The Kier molecular flexibility index (Phi) is 4.71. The first-order valence-corrected chi connectivity index (χ1v) is 7.37. The SMILES string of the molecule is CCC(CC)(CO)NCc1cc2c(cc1Br)OCO2. The van der Waals surface area contributed by atoms with Crippen LogP contribution in [-0.4, -0.2) is 24.0 Å². The van der Waals surface area contributed by atoms with Gasteiger partial charge in [0, 0.05) is 16.6 Å². The van der Waals surface area contributed by atoms with Crippen LogP contribution in [0.4, 0.5) is 0 Å². The molecule has 1 aromatic carbocycles. The summed E-state index contributed by atoms with van der Waals surface area (Å²) in [6, 6.07) is 3.91. The second-order valence-corrected chi connectivity index (χ2v) is 5.65. The van der Waals surface area contributed by atoms with Crippen LogP contribution in [0.5, 0.6) is 11.5 Å². The van der Waals surface area contributed by atoms with Crippen LogP contribution in [0.2, 0.25) is 0 Å². The van der Waals surface area contributed by atoms with Gasteiger partial charge in [0.1, 0.15) is 0 Å². The molecule has 0 spiro atoms. The normalized spacial score (nSPS) is 13.9. The number of ether oxygens (including phenoxy) is 2. The lowest BCUT2D eigenvalue weighted by atomic mass is 9.93. The Morgan fingerprint density at radius 3 is 2.47 bits per heavy atom. The van der Waals surface area contributed by atoms with E-state index in [-0.39, 0.29) is 18.9 Å². The van der Waals surface area contributed by atoms with Gasteiger partial charge in [0.15, 0.2) is 11.5 Å². The lowest BCUT2D eigenvalue weighted by Crippen LogP contribution is -2.47. The van der Waals surface area contributed by atoms with Gasteiger partial charge in [-0.05, 0) is 30.5 Å². The van der Waals surface area contributed by atoms with E-state index in [1.54, 1.807) is 0 Å². The number of nitrogens with one attached hydrogen (secondary N) is 1. The van der Waals surface area contributed by atoms with Crippen LogP contribution >= 0.6 is 15.9 Å². The molecular weight excluding hydrogens is 310 g/mol. The van der Waals surface area contributed by atoms with E-state index < -0.39 is 0 Å². The van der Waals surface area contributed by atoms with E-state index in [9.17, 15) is 5.11 Å². The molecule has 0 atom stereocenters. The van der Waals surface area contributed by atoms with Gasteiger partial charge in [0.25, 0.3) is 0 Å². The summed E-state index contributed by atoms with van der Waals surface area (Å²) < 4.78 is 11.7. The van der Waals surface area contributed by atoms with Gasteiger partial charge in [-0.1, -0.05) is 29.8 Å². The molecule has 0 unspecified atom stereocenters. The van der Waals surface area contributed by atoms with E-state index in [4.69, 9.17) is 9.47 Å². The summed E-state index contributed by atoms with van der Waals surface area (Å²) >= 11 is 3.55. The Bertz CT molecular complexity index is 438. The van der Waals surface area contributed by atoms with Crippen molar-refractivity contribution in [3.63, 3.8) is 0 Å². The quantitative estimate of drug-likeness (QED) is 0.842. The van der Waals surface area contributed by atoms with Gasteiger partial charge < -0.3 is 19.9 Å². The van der Waals surface area contributed by atoms with E-state index in [1.807, 2.05) is 12.1 Å². The molecule has 106 valence electrons. The Labute approximate surface area is 122 Å². The fourth-order valence-corrected chi connectivity index (χ4v) is 2.62. The Morgan fingerprint density at radius 1 is 1.26 bits per heavy atom. The second kappa shape index (κ2) is 6.11. The van der Waals surface area contributed by atoms with Crippen molar-refractivity contribution in [1.29, 1.82) is 0 Å². The lowest BCUT2D eigenvalue weighted by Gasteiger charge is -2.31. The highest BCUT2D eigenvalue weighted by molar-refractivity contribution is 9.10. The third-order valence-corrected chi connectivity index (χ3v) is 4.59. The van der Waals surface area contributed by atoms with Gasteiger partial charge in [-0.3, -0.25) is 0 Å². The van der Waals surface area contributed by atoms with Gasteiger partial charge in [0.2, 0.25) is 6.79 Å². The van der Waals surface area contributed by atoms with Crippen molar-refractivity contribution in [3.8, 4) is 11.5 Å². The molecule has 0 amide bonds. The molecule has 0 aliphatic carbocycles. The van der Waals surface area contributed by atoms with Crippen LogP contribution in [-0.2, 0) is 6.54 Å². The van der Waals surface area contributed by atoms with Crippen LogP contribution in [0.3, 0.4) is 0 Å². The Balaban J connectivity index is 2.11. The molecule has 1 aliphatic rings. The lowest BCUT2D eigenvalue weighted by molar-refractivity contribution is 0.149. The summed E-state index contributed by atoms with van der Waals surface area (Å²) in [5.41, 5.74) is 0.888. The van der Waals surface area contributed by atoms with Crippen molar-refractivity contribution in [2.75, 3.05) is 13.4 Å². The monoisotopic (exact) mass is 329 g/mol. The van der Waals surface area contributed by atoms with Gasteiger partial charge >= 0.3 is 0 Å². The maximum absolute atomic E-state index is 9.56. The molecule has 2 N–H and O–H groups in total. The van der Waals surface area contributed by atoms with Crippen molar-refractivity contribution >= 4 is 15.9 Å². The molecule has 0 saturated carbocycles. The highest BCUT2D eigenvalue weighted by atomic mass is 79.9. The Hall–Kier alpha value is -0.780. The smallest absolute Gasteiger partial charge is 0.231 e. The average molecular weight is 330 g/mol. The predicted molar refractivity (Wildman–Crippen MR) is 77.5 cm³/mol. The summed E-state index contributed by atoms with van der Waals surface area (Å²) in [5.74, 6) is 1.55. The highest BCUT2D eigenvalue weighted by Gasteiger charge is 2.25. The number of aliphatic hydroxyl groups excluding tert-OH is 1. The van der Waals surface area contributed by atoms with Crippen LogP contribution in [0, 0.1) is 0 Å². The maximum Gasteiger partial charge on any atom is 0.231 e. The molecule has 0 bridgehead atoms. The topological polar surface area (TPSA) is 50.7 Å². The Morgan fingerprint density at radius 2 is 1.89 bits per heavy atom. The minimum Gasteiger partial charge on any atom is -0.454 e. The second-order valence-electron chi connectivity index (χ2n) is 4.80. The van der Waals surface area contributed by atoms with E-state index in [0.717, 1.165) is 34.4 Å². The zero-order valence-corrected chi connectivity index (χ0v) is 12.9. The number of hydrogen-bond acceptors (Lipinski definition) is 4. The molecule has 0 radical (unpaired) electrons. The fraction of sp³-hybridized carbons (Fsp3) is 0.571. The maximum atomic E-state index is 9.56. The van der Waals surface area contributed by atoms with Gasteiger partial charge in [-0.15, -0.1) is 0 Å². The molecule has 1 aromatic rings. The first-order valence-electron chi connectivity index (χ1n) is 6.58. The number of halogens is 1. The largest absolute Gasteiger partial charge is 0.454 e. The van der Waals surface area contributed by atoms with Crippen molar-refractivity contribution in [3.05, 3.63) is 22.2 Å². The summed E-state index contributed by atoms with van der Waals surface area (Å²) in [4.78, 5) is 0. The molecule has 0 aromatic heterocycles. The van der Waals surface area contributed by atoms with Crippen LogP contribution < -0.4 is 14.8 Å². The zero-order chi connectivity index (χ0) is 13.9.